The molecule has 0 saturated heterocycles. The van der Waals surface area contributed by atoms with Gasteiger partial charge in [-0.15, -0.1) is 0 Å². The highest BCUT2D eigenvalue weighted by Gasteiger charge is 2.21. The Kier molecular flexibility index (Phi) is 7.28. The normalized spacial score (nSPS) is 12.5. The second-order valence-corrected chi connectivity index (χ2v) is 5.25. The number of nitrogens with zero attached hydrogens (tertiary/aromatic N) is 2. The molecule has 0 aliphatic heterocycles. The SMILES string of the molecule is COCC(N)C(=O)N(CCN(C)C)Cc1ccc(F)cc1. The van der Waals surface area contributed by atoms with E-state index in [0.29, 0.717) is 13.1 Å². The molecule has 1 aromatic carbocycles. The van der Waals surface area contributed by atoms with Gasteiger partial charge in [0.25, 0.3) is 0 Å². The highest BCUT2D eigenvalue weighted by Crippen LogP contribution is 2.08. The van der Waals surface area contributed by atoms with Crippen LogP contribution in [0.3, 0.4) is 0 Å². The number of amides is 1. The zero-order valence-electron chi connectivity index (χ0n) is 12.9. The van der Waals surface area contributed by atoms with Crippen LogP contribution in [0.4, 0.5) is 4.39 Å². The molecule has 0 radical (unpaired) electrons. The maximum Gasteiger partial charge on any atom is 0.242 e. The molecule has 0 spiro atoms. The van der Waals surface area contributed by atoms with Crippen LogP contribution in [0.5, 0.6) is 0 Å². The molecule has 0 heterocycles. The summed E-state index contributed by atoms with van der Waals surface area (Å²) < 4.78 is 17.9. The number of benzene rings is 1. The fraction of sp³-hybridized carbons (Fsp3) is 0.533. The minimum atomic E-state index is -0.683. The third kappa shape index (κ3) is 6.20. The molecular formula is C15H24FN3O2. The predicted octanol–water partition coefficient (Wildman–Crippen LogP) is 0.690. The van der Waals surface area contributed by atoms with Crippen LogP contribution in [0.2, 0.25) is 0 Å². The number of methoxy groups -OCH3 is 1. The fourth-order valence-electron chi connectivity index (χ4n) is 1.88. The lowest BCUT2D eigenvalue weighted by molar-refractivity contribution is -0.134. The van der Waals surface area contributed by atoms with E-state index in [2.05, 4.69) is 0 Å². The van der Waals surface area contributed by atoms with Gasteiger partial charge in [0.2, 0.25) is 5.91 Å². The molecule has 0 aromatic heterocycles. The third-order valence-electron chi connectivity index (χ3n) is 3.08. The molecule has 1 rings (SSSR count). The van der Waals surface area contributed by atoms with E-state index in [9.17, 15) is 9.18 Å². The summed E-state index contributed by atoms with van der Waals surface area (Å²) >= 11 is 0. The molecule has 0 fully saturated rings. The Morgan fingerprint density at radius 1 is 1.29 bits per heavy atom. The summed E-state index contributed by atoms with van der Waals surface area (Å²) in [6.07, 6.45) is 0. The number of halogens is 1. The van der Waals surface area contributed by atoms with Crippen LogP contribution in [-0.4, -0.2) is 62.7 Å². The average molecular weight is 297 g/mol. The van der Waals surface area contributed by atoms with Gasteiger partial charge in [0.05, 0.1) is 6.61 Å². The van der Waals surface area contributed by atoms with Crippen LogP contribution in [-0.2, 0) is 16.1 Å². The second kappa shape index (κ2) is 8.71. The van der Waals surface area contributed by atoms with Crippen LogP contribution >= 0.6 is 0 Å². The molecule has 118 valence electrons. The van der Waals surface area contributed by atoms with E-state index in [1.54, 1.807) is 17.0 Å². The summed E-state index contributed by atoms with van der Waals surface area (Å²) in [7, 11) is 5.39. The number of carbonyl (C=O) groups is 1. The number of carbonyl (C=O) groups excluding carboxylic acids is 1. The molecule has 1 atom stereocenters. The van der Waals surface area contributed by atoms with Crippen LogP contribution in [0, 0.1) is 5.82 Å². The molecule has 0 aliphatic rings. The summed E-state index contributed by atoms with van der Waals surface area (Å²) in [6.45, 7) is 1.87. The van der Waals surface area contributed by atoms with Crippen molar-refractivity contribution in [1.82, 2.24) is 9.80 Å². The number of likely N-dealkylation sites (N-methyl/N-ethyl adjacent to an activating group) is 1. The molecule has 5 nitrogen and oxygen atoms in total. The Morgan fingerprint density at radius 2 is 1.90 bits per heavy atom. The number of hydrogen-bond donors (Lipinski definition) is 1. The van der Waals surface area contributed by atoms with Gasteiger partial charge in [-0.1, -0.05) is 12.1 Å². The molecule has 0 bridgehead atoms. The molecule has 2 N–H and O–H groups in total. The van der Waals surface area contributed by atoms with Gasteiger partial charge in [-0.25, -0.2) is 4.39 Å². The number of ether oxygens (including phenoxy) is 1. The summed E-state index contributed by atoms with van der Waals surface area (Å²) in [5.41, 5.74) is 6.69. The lowest BCUT2D eigenvalue weighted by Crippen LogP contribution is -2.47. The van der Waals surface area contributed by atoms with Crippen molar-refractivity contribution >= 4 is 5.91 Å². The highest BCUT2D eigenvalue weighted by molar-refractivity contribution is 5.81. The van der Waals surface area contributed by atoms with Crippen LogP contribution in [0.25, 0.3) is 0 Å². The topological polar surface area (TPSA) is 58.8 Å². The summed E-state index contributed by atoms with van der Waals surface area (Å²) in [4.78, 5) is 16.0. The fourth-order valence-corrected chi connectivity index (χ4v) is 1.88. The van der Waals surface area contributed by atoms with Crippen molar-refractivity contribution in [2.24, 2.45) is 5.73 Å². The van der Waals surface area contributed by atoms with E-state index in [1.165, 1.54) is 19.2 Å². The van der Waals surface area contributed by atoms with Gasteiger partial charge in [0.15, 0.2) is 0 Å². The number of hydrogen-bond acceptors (Lipinski definition) is 4. The molecule has 0 saturated carbocycles. The Bertz CT molecular complexity index is 437. The Balaban J connectivity index is 2.75. The lowest BCUT2D eigenvalue weighted by atomic mass is 10.2. The predicted molar refractivity (Wildman–Crippen MR) is 80.2 cm³/mol. The van der Waals surface area contributed by atoms with E-state index < -0.39 is 6.04 Å². The largest absolute Gasteiger partial charge is 0.383 e. The molecule has 0 aliphatic carbocycles. The van der Waals surface area contributed by atoms with Crippen molar-refractivity contribution in [2.75, 3.05) is 40.9 Å². The van der Waals surface area contributed by atoms with Crippen LogP contribution in [0.15, 0.2) is 24.3 Å². The molecule has 6 heteroatoms. The van der Waals surface area contributed by atoms with Gasteiger partial charge in [0.1, 0.15) is 11.9 Å². The zero-order chi connectivity index (χ0) is 15.8. The molecule has 1 aromatic rings. The van der Waals surface area contributed by atoms with Crippen LogP contribution < -0.4 is 5.73 Å². The summed E-state index contributed by atoms with van der Waals surface area (Å²) in [6, 6.07) is 5.44. The van der Waals surface area contributed by atoms with Gasteiger partial charge >= 0.3 is 0 Å². The average Bonchev–Trinajstić information content (AvgIpc) is 2.44. The monoisotopic (exact) mass is 297 g/mol. The first-order valence-corrected chi connectivity index (χ1v) is 6.86. The minimum absolute atomic E-state index is 0.164. The van der Waals surface area contributed by atoms with E-state index in [1.807, 2.05) is 19.0 Å². The van der Waals surface area contributed by atoms with E-state index in [4.69, 9.17) is 10.5 Å². The quantitative estimate of drug-likeness (QED) is 0.767. The van der Waals surface area contributed by atoms with Crippen molar-refractivity contribution in [2.45, 2.75) is 12.6 Å². The van der Waals surface area contributed by atoms with E-state index in [0.717, 1.165) is 12.1 Å². The van der Waals surface area contributed by atoms with Gasteiger partial charge in [-0.3, -0.25) is 4.79 Å². The van der Waals surface area contributed by atoms with Gasteiger partial charge in [-0.2, -0.15) is 0 Å². The van der Waals surface area contributed by atoms with Crippen molar-refractivity contribution in [3.63, 3.8) is 0 Å². The number of nitrogens with two attached hydrogens (primary N) is 1. The Labute approximate surface area is 125 Å². The highest BCUT2D eigenvalue weighted by atomic mass is 19.1. The third-order valence-corrected chi connectivity index (χ3v) is 3.08. The summed E-state index contributed by atoms with van der Waals surface area (Å²) in [5, 5.41) is 0. The standard InChI is InChI=1S/C15H24FN3O2/c1-18(2)8-9-19(15(20)14(17)11-21-3)10-12-4-6-13(16)7-5-12/h4-7,14H,8-11,17H2,1-3H3. The zero-order valence-corrected chi connectivity index (χ0v) is 12.9. The minimum Gasteiger partial charge on any atom is -0.383 e. The van der Waals surface area contributed by atoms with Crippen molar-refractivity contribution in [3.8, 4) is 0 Å². The van der Waals surface area contributed by atoms with Crippen molar-refractivity contribution in [1.29, 1.82) is 0 Å². The maximum absolute atomic E-state index is 12.9. The maximum atomic E-state index is 12.9. The molecule has 1 amide bonds. The Morgan fingerprint density at radius 3 is 2.43 bits per heavy atom. The molecular weight excluding hydrogens is 273 g/mol. The van der Waals surface area contributed by atoms with Gasteiger partial charge < -0.3 is 20.3 Å². The van der Waals surface area contributed by atoms with Crippen molar-refractivity contribution in [3.05, 3.63) is 35.6 Å². The smallest absolute Gasteiger partial charge is 0.242 e. The molecule has 1 unspecified atom stereocenters. The van der Waals surface area contributed by atoms with Gasteiger partial charge in [0, 0.05) is 26.7 Å². The van der Waals surface area contributed by atoms with Crippen LogP contribution in [0.1, 0.15) is 5.56 Å². The van der Waals surface area contributed by atoms with E-state index >= 15 is 0 Å². The van der Waals surface area contributed by atoms with Gasteiger partial charge in [-0.05, 0) is 31.8 Å². The van der Waals surface area contributed by atoms with E-state index in [-0.39, 0.29) is 18.3 Å². The Hall–Kier alpha value is -1.50. The first-order valence-electron chi connectivity index (χ1n) is 6.86. The lowest BCUT2D eigenvalue weighted by Gasteiger charge is -2.27. The number of rotatable bonds is 8. The first-order chi connectivity index (χ1) is 9.93. The first kappa shape index (κ1) is 17.6. The second-order valence-electron chi connectivity index (χ2n) is 5.25. The van der Waals surface area contributed by atoms with Crippen molar-refractivity contribution < 1.29 is 13.9 Å². The summed E-state index contributed by atoms with van der Waals surface area (Å²) in [5.74, 6) is -0.455. The molecule has 21 heavy (non-hydrogen) atoms.